The summed E-state index contributed by atoms with van der Waals surface area (Å²) < 4.78 is 8.73. The summed E-state index contributed by atoms with van der Waals surface area (Å²) in [5.41, 5.74) is 5.45. The Morgan fingerprint density at radius 2 is 1.57 bits per heavy atom. The number of fused-ring (bicyclic) bond motifs is 1. The third-order valence-corrected chi connectivity index (χ3v) is 12.3. The molecule has 2 N–H and O–H groups in total. The first-order chi connectivity index (χ1) is 22.3. The largest absolute Gasteiger partial charge is 0.461 e. The van der Waals surface area contributed by atoms with Crippen LogP contribution in [0.1, 0.15) is 72.8 Å². The molecular formula is C34H38N8O2S2. The molecule has 0 unspecified atom stereocenters. The maximum Gasteiger partial charge on any atom is 0.358 e. The second-order valence-corrected chi connectivity index (χ2v) is 15.5. The summed E-state index contributed by atoms with van der Waals surface area (Å²) >= 11 is 2.99. The normalized spacial score (nSPS) is 23.3. The standard InChI is InChI=1S/C34H38N8O2S2/c1-5-44-31(43)27-28(24-16-35-42(20(24)4)17-34-13-21-10-22(14-34)12-23(11-21)15-34)46-33(37-27)39-30-19(3)18(2)29(40-41-30)38-32-36-25-8-6-7-9-26(25)45-32/h6-9,16,21-23H,5,10-15,17H2,1-4H3,(H,36,38,40)(H,37,39,41). The van der Waals surface area contributed by atoms with Crippen LogP contribution in [0.2, 0.25) is 0 Å². The Kier molecular flexibility index (Phi) is 7.32. The van der Waals surface area contributed by atoms with Crippen LogP contribution >= 0.6 is 22.7 Å². The van der Waals surface area contributed by atoms with Crippen molar-refractivity contribution in [1.29, 1.82) is 0 Å². The van der Waals surface area contributed by atoms with Crippen LogP contribution < -0.4 is 10.6 Å². The number of anilines is 4. The lowest BCUT2D eigenvalue weighted by molar-refractivity contribution is -0.0638. The Hall–Kier alpha value is -3.90. The topological polar surface area (TPSA) is 120 Å². The van der Waals surface area contributed by atoms with E-state index in [4.69, 9.17) is 14.8 Å². The molecule has 1 aromatic carbocycles. The van der Waals surface area contributed by atoms with Crippen LogP contribution in [0.5, 0.6) is 0 Å². The maximum atomic E-state index is 13.2. The van der Waals surface area contributed by atoms with Gasteiger partial charge >= 0.3 is 5.97 Å². The zero-order chi connectivity index (χ0) is 31.6. The van der Waals surface area contributed by atoms with Crippen molar-refractivity contribution < 1.29 is 9.53 Å². The first-order valence-electron chi connectivity index (χ1n) is 16.2. The van der Waals surface area contributed by atoms with E-state index in [2.05, 4.69) is 43.5 Å². The summed E-state index contributed by atoms with van der Waals surface area (Å²) in [5.74, 6) is 3.46. The third kappa shape index (κ3) is 5.25. The number of carbonyl (C=O) groups is 1. The van der Waals surface area contributed by atoms with E-state index >= 15 is 0 Å². The molecule has 5 aromatic rings. The highest BCUT2D eigenvalue weighted by atomic mass is 32.1. The van der Waals surface area contributed by atoms with Gasteiger partial charge < -0.3 is 15.4 Å². The van der Waals surface area contributed by atoms with E-state index in [9.17, 15) is 4.79 Å². The number of esters is 1. The molecule has 4 aliphatic rings. The SMILES string of the molecule is CCOC(=O)c1nc(Nc2nnc(Nc3nc4ccccc4s3)c(C)c2C)sc1-c1cnn(CC23CC4CC(CC(C4)C2)C3)c1C. The van der Waals surface area contributed by atoms with Gasteiger partial charge in [-0.3, -0.25) is 4.68 Å². The molecule has 10 nitrogen and oxygen atoms in total. The molecule has 4 aromatic heterocycles. The van der Waals surface area contributed by atoms with Gasteiger partial charge in [0, 0.05) is 28.9 Å². The molecule has 238 valence electrons. The number of hydrogen-bond donors (Lipinski definition) is 2. The summed E-state index contributed by atoms with van der Waals surface area (Å²) in [6.45, 7) is 9.14. The number of aromatic nitrogens is 6. The van der Waals surface area contributed by atoms with Crippen molar-refractivity contribution in [3.8, 4) is 10.4 Å². The Balaban J connectivity index is 1.06. The van der Waals surface area contributed by atoms with Gasteiger partial charge in [-0.15, -0.1) is 10.2 Å². The average Bonchev–Trinajstić information content (AvgIpc) is 3.73. The van der Waals surface area contributed by atoms with E-state index in [0.29, 0.717) is 27.9 Å². The molecule has 0 radical (unpaired) electrons. The van der Waals surface area contributed by atoms with Crippen LogP contribution in [0.4, 0.5) is 21.9 Å². The fraction of sp³-hybridized carbons (Fsp3) is 0.471. The van der Waals surface area contributed by atoms with E-state index in [-0.39, 0.29) is 6.61 Å². The smallest absolute Gasteiger partial charge is 0.358 e. The van der Waals surface area contributed by atoms with Crippen LogP contribution in [-0.4, -0.2) is 42.5 Å². The molecule has 9 rings (SSSR count). The number of nitrogens with zero attached hydrogens (tertiary/aromatic N) is 6. The second-order valence-electron chi connectivity index (χ2n) is 13.5. The zero-order valence-electron chi connectivity index (χ0n) is 26.6. The van der Waals surface area contributed by atoms with E-state index in [1.165, 1.54) is 49.9 Å². The molecule has 0 amide bonds. The third-order valence-electron chi connectivity index (χ3n) is 10.4. The number of para-hydroxylation sites is 1. The lowest BCUT2D eigenvalue weighted by atomic mass is 9.49. The molecule has 0 aliphatic heterocycles. The first-order valence-corrected chi connectivity index (χ1v) is 17.8. The van der Waals surface area contributed by atoms with Gasteiger partial charge in [0.1, 0.15) is 0 Å². The first kappa shape index (κ1) is 29.5. The molecule has 4 saturated carbocycles. The Bertz CT molecular complexity index is 1890. The van der Waals surface area contributed by atoms with E-state index in [0.717, 1.165) is 66.9 Å². The summed E-state index contributed by atoms with van der Waals surface area (Å²) in [6, 6.07) is 8.04. The van der Waals surface area contributed by atoms with Crippen LogP contribution in [0, 0.1) is 43.9 Å². The minimum absolute atomic E-state index is 0.274. The van der Waals surface area contributed by atoms with Crippen LogP contribution in [-0.2, 0) is 11.3 Å². The summed E-state index contributed by atoms with van der Waals surface area (Å²) in [4.78, 5) is 23.3. The van der Waals surface area contributed by atoms with Gasteiger partial charge in [-0.05, 0) is 102 Å². The highest BCUT2D eigenvalue weighted by molar-refractivity contribution is 7.22. The highest BCUT2D eigenvalue weighted by Crippen LogP contribution is 2.60. The molecule has 4 fully saturated rings. The summed E-state index contributed by atoms with van der Waals surface area (Å²) in [5, 5.41) is 21.8. The van der Waals surface area contributed by atoms with Crippen molar-refractivity contribution in [2.75, 3.05) is 17.2 Å². The van der Waals surface area contributed by atoms with Gasteiger partial charge in [-0.25, -0.2) is 14.8 Å². The molecule has 0 spiro atoms. The monoisotopic (exact) mass is 654 g/mol. The Morgan fingerprint density at radius 1 is 0.935 bits per heavy atom. The minimum atomic E-state index is -0.440. The van der Waals surface area contributed by atoms with Crippen LogP contribution in [0.3, 0.4) is 0 Å². The Labute approximate surface area is 276 Å². The molecule has 4 bridgehead atoms. The molecule has 4 aliphatic carbocycles. The Morgan fingerprint density at radius 3 is 2.20 bits per heavy atom. The molecule has 46 heavy (non-hydrogen) atoms. The lowest BCUT2D eigenvalue weighted by Gasteiger charge is -2.56. The van der Waals surface area contributed by atoms with Crippen molar-refractivity contribution in [3.05, 3.63) is 53.0 Å². The number of benzene rings is 1. The van der Waals surface area contributed by atoms with Crippen molar-refractivity contribution in [3.63, 3.8) is 0 Å². The number of hydrogen-bond acceptors (Lipinski definition) is 11. The number of carbonyl (C=O) groups excluding carboxylic acids is 1. The minimum Gasteiger partial charge on any atom is -0.461 e. The highest BCUT2D eigenvalue weighted by Gasteiger charge is 2.51. The lowest BCUT2D eigenvalue weighted by Crippen LogP contribution is -2.48. The number of rotatable bonds is 9. The van der Waals surface area contributed by atoms with Crippen LogP contribution in [0.25, 0.3) is 20.7 Å². The fourth-order valence-corrected chi connectivity index (χ4v) is 10.4. The van der Waals surface area contributed by atoms with Gasteiger partial charge in [-0.1, -0.05) is 34.8 Å². The fourth-order valence-electron chi connectivity index (χ4n) is 8.50. The van der Waals surface area contributed by atoms with Gasteiger partial charge in [0.05, 0.1) is 27.9 Å². The molecule has 4 heterocycles. The van der Waals surface area contributed by atoms with Crippen LogP contribution in [0.15, 0.2) is 30.5 Å². The molecule has 0 atom stereocenters. The van der Waals surface area contributed by atoms with Crippen molar-refractivity contribution in [1.82, 2.24) is 29.9 Å². The van der Waals surface area contributed by atoms with Gasteiger partial charge in [0.2, 0.25) is 0 Å². The summed E-state index contributed by atoms with van der Waals surface area (Å²) in [6.07, 6.45) is 10.1. The van der Waals surface area contributed by atoms with Gasteiger partial charge in [-0.2, -0.15) is 5.10 Å². The van der Waals surface area contributed by atoms with Crippen molar-refractivity contribution >= 4 is 60.8 Å². The molecule has 12 heteroatoms. The predicted molar refractivity (Wildman–Crippen MR) is 182 cm³/mol. The van der Waals surface area contributed by atoms with E-state index < -0.39 is 5.97 Å². The number of nitrogens with one attached hydrogen (secondary N) is 2. The average molecular weight is 655 g/mol. The zero-order valence-corrected chi connectivity index (χ0v) is 28.2. The van der Waals surface area contributed by atoms with Gasteiger partial charge in [0.25, 0.3) is 0 Å². The maximum absolute atomic E-state index is 13.2. The predicted octanol–water partition coefficient (Wildman–Crippen LogP) is 8.21. The second kappa shape index (κ2) is 11.4. The van der Waals surface area contributed by atoms with Crippen molar-refractivity contribution in [2.24, 2.45) is 23.2 Å². The van der Waals surface area contributed by atoms with E-state index in [1.807, 2.05) is 45.2 Å². The van der Waals surface area contributed by atoms with Gasteiger partial charge in [0.15, 0.2) is 27.6 Å². The van der Waals surface area contributed by atoms with E-state index in [1.54, 1.807) is 11.3 Å². The quantitative estimate of drug-likeness (QED) is 0.152. The molecular weight excluding hydrogens is 617 g/mol. The molecule has 0 saturated heterocycles. The summed E-state index contributed by atoms with van der Waals surface area (Å²) in [7, 11) is 0. The van der Waals surface area contributed by atoms with Crippen molar-refractivity contribution in [2.45, 2.75) is 72.8 Å². The number of thiazole rings is 2. The number of ether oxygens (including phenoxy) is 1.